The Labute approximate surface area is 120 Å². The van der Waals surface area contributed by atoms with Crippen molar-refractivity contribution in [3.63, 3.8) is 0 Å². The van der Waals surface area contributed by atoms with Crippen LogP contribution in [-0.2, 0) is 11.2 Å². The van der Waals surface area contributed by atoms with Gasteiger partial charge in [0.25, 0.3) is 0 Å². The molecule has 2 N–H and O–H groups in total. The summed E-state index contributed by atoms with van der Waals surface area (Å²) in [5, 5.41) is 6.03. The van der Waals surface area contributed by atoms with E-state index in [0.29, 0.717) is 19.5 Å². The van der Waals surface area contributed by atoms with Crippen molar-refractivity contribution in [3.8, 4) is 11.5 Å². The zero-order valence-corrected chi connectivity index (χ0v) is 12.5. The molecule has 112 valence electrons. The van der Waals surface area contributed by atoms with Gasteiger partial charge in [0.2, 0.25) is 5.91 Å². The molecule has 20 heavy (non-hydrogen) atoms. The van der Waals surface area contributed by atoms with Crippen LogP contribution < -0.4 is 20.1 Å². The molecule has 1 aromatic rings. The van der Waals surface area contributed by atoms with Gasteiger partial charge in [-0.1, -0.05) is 6.07 Å². The van der Waals surface area contributed by atoms with E-state index in [1.807, 2.05) is 25.1 Å². The van der Waals surface area contributed by atoms with Gasteiger partial charge in [0.15, 0.2) is 11.5 Å². The molecule has 1 aromatic carbocycles. The summed E-state index contributed by atoms with van der Waals surface area (Å²) in [5.41, 5.74) is 1.17. The largest absolute Gasteiger partial charge is 0.493 e. The Morgan fingerprint density at radius 2 is 1.90 bits per heavy atom. The number of rotatable bonds is 9. The summed E-state index contributed by atoms with van der Waals surface area (Å²) >= 11 is 0. The molecule has 0 aliphatic rings. The molecule has 0 atom stereocenters. The van der Waals surface area contributed by atoms with Crippen LogP contribution in [0.5, 0.6) is 11.5 Å². The zero-order chi connectivity index (χ0) is 14.8. The maximum absolute atomic E-state index is 11.2. The highest BCUT2D eigenvalue weighted by Crippen LogP contribution is 2.27. The third kappa shape index (κ3) is 5.48. The first-order valence-corrected chi connectivity index (χ1v) is 6.89. The molecule has 1 rings (SSSR count). The van der Waals surface area contributed by atoms with Gasteiger partial charge in [0, 0.05) is 19.5 Å². The lowest BCUT2D eigenvalue weighted by Gasteiger charge is -2.10. The Hall–Kier alpha value is -1.75. The van der Waals surface area contributed by atoms with E-state index in [2.05, 4.69) is 10.6 Å². The lowest BCUT2D eigenvalue weighted by Crippen LogP contribution is -2.28. The average molecular weight is 280 g/mol. The Morgan fingerprint density at radius 1 is 1.15 bits per heavy atom. The van der Waals surface area contributed by atoms with Crippen molar-refractivity contribution in [2.24, 2.45) is 0 Å². The molecule has 0 fully saturated rings. The number of methoxy groups -OCH3 is 2. The second-order valence-corrected chi connectivity index (χ2v) is 4.39. The predicted octanol–water partition coefficient (Wildman–Crippen LogP) is 1.36. The molecule has 0 heterocycles. The van der Waals surface area contributed by atoms with E-state index in [9.17, 15) is 4.79 Å². The Kier molecular flexibility index (Phi) is 7.50. The fraction of sp³-hybridized carbons (Fsp3) is 0.533. The first-order valence-electron chi connectivity index (χ1n) is 6.89. The zero-order valence-electron chi connectivity index (χ0n) is 12.5. The van der Waals surface area contributed by atoms with Crippen LogP contribution >= 0.6 is 0 Å². The van der Waals surface area contributed by atoms with E-state index < -0.39 is 0 Å². The molecule has 0 aromatic heterocycles. The Balaban J connectivity index is 2.30. The molecule has 0 aliphatic carbocycles. The summed E-state index contributed by atoms with van der Waals surface area (Å²) in [6.07, 6.45) is 1.40. The van der Waals surface area contributed by atoms with Gasteiger partial charge in [-0.2, -0.15) is 0 Å². The summed E-state index contributed by atoms with van der Waals surface area (Å²) in [4.78, 5) is 11.2. The Bertz CT molecular complexity index is 422. The van der Waals surface area contributed by atoms with Crippen molar-refractivity contribution in [2.75, 3.05) is 33.9 Å². The molecule has 5 nitrogen and oxygen atoms in total. The third-order valence-electron chi connectivity index (χ3n) is 2.94. The number of ether oxygens (including phenoxy) is 2. The van der Waals surface area contributed by atoms with Gasteiger partial charge >= 0.3 is 0 Å². The standard InChI is InChI=1S/C15H24N2O3/c1-4-17-15(18)8-10-16-9-7-12-5-6-13(19-2)14(11-12)20-3/h5-6,11,16H,4,7-10H2,1-3H3,(H,17,18). The highest BCUT2D eigenvalue weighted by Gasteiger charge is 2.04. The van der Waals surface area contributed by atoms with Gasteiger partial charge in [-0.15, -0.1) is 0 Å². The lowest BCUT2D eigenvalue weighted by atomic mass is 10.1. The molecule has 1 amide bonds. The SMILES string of the molecule is CCNC(=O)CCNCCc1ccc(OC)c(OC)c1. The summed E-state index contributed by atoms with van der Waals surface area (Å²) < 4.78 is 10.5. The molecular weight excluding hydrogens is 256 g/mol. The number of hydrogen-bond acceptors (Lipinski definition) is 4. The first-order chi connectivity index (χ1) is 9.71. The minimum atomic E-state index is 0.0890. The van der Waals surface area contributed by atoms with Crippen LogP contribution in [-0.4, -0.2) is 39.8 Å². The van der Waals surface area contributed by atoms with Crippen LogP contribution in [0.3, 0.4) is 0 Å². The highest BCUT2D eigenvalue weighted by atomic mass is 16.5. The Morgan fingerprint density at radius 3 is 2.55 bits per heavy atom. The van der Waals surface area contributed by atoms with E-state index in [1.165, 1.54) is 5.56 Å². The minimum Gasteiger partial charge on any atom is -0.493 e. The van der Waals surface area contributed by atoms with Gasteiger partial charge in [0.05, 0.1) is 14.2 Å². The quantitative estimate of drug-likeness (QED) is 0.671. The number of benzene rings is 1. The van der Waals surface area contributed by atoms with Crippen LogP contribution in [0, 0.1) is 0 Å². The molecule has 0 spiro atoms. The van der Waals surface area contributed by atoms with Gasteiger partial charge in [-0.25, -0.2) is 0 Å². The fourth-order valence-electron chi connectivity index (χ4n) is 1.88. The van der Waals surface area contributed by atoms with Crippen LogP contribution in [0.15, 0.2) is 18.2 Å². The van der Waals surface area contributed by atoms with E-state index in [1.54, 1.807) is 14.2 Å². The summed E-state index contributed by atoms with van der Waals surface area (Å²) in [6.45, 7) is 4.13. The highest BCUT2D eigenvalue weighted by molar-refractivity contribution is 5.75. The maximum Gasteiger partial charge on any atom is 0.221 e. The molecule has 0 saturated heterocycles. The number of hydrogen-bond donors (Lipinski definition) is 2. The van der Waals surface area contributed by atoms with Crippen molar-refractivity contribution in [1.82, 2.24) is 10.6 Å². The lowest BCUT2D eigenvalue weighted by molar-refractivity contribution is -0.120. The maximum atomic E-state index is 11.2. The molecular formula is C15H24N2O3. The first kappa shape index (κ1) is 16.3. The van der Waals surface area contributed by atoms with Crippen molar-refractivity contribution in [1.29, 1.82) is 0 Å². The van der Waals surface area contributed by atoms with Gasteiger partial charge in [0.1, 0.15) is 0 Å². The smallest absolute Gasteiger partial charge is 0.221 e. The minimum absolute atomic E-state index is 0.0890. The fourth-order valence-corrected chi connectivity index (χ4v) is 1.88. The van der Waals surface area contributed by atoms with Gasteiger partial charge < -0.3 is 20.1 Å². The van der Waals surface area contributed by atoms with Crippen molar-refractivity contribution < 1.29 is 14.3 Å². The van der Waals surface area contributed by atoms with Crippen molar-refractivity contribution in [2.45, 2.75) is 19.8 Å². The number of nitrogens with one attached hydrogen (secondary N) is 2. The number of amides is 1. The molecule has 5 heteroatoms. The molecule has 0 bridgehead atoms. The summed E-state index contributed by atoms with van der Waals surface area (Å²) in [6, 6.07) is 5.90. The second kappa shape index (κ2) is 9.20. The van der Waals surface area contributed by atoms with Crippen molar-refractivity contribution >= 4 is 5.91 Å². The van der Waals surface area contributed by atoms with Crippen LogP contribution in [0.25, 0.3) is 0 Å². The van der Waals surface area contributed by atoms with Crippen LogP contribution in [0.4, 0.5) is 0 Å². The van der Waals surface area contributed by atoms with E-state index in [0.717, 1.165) is 24.5 Å². The van der Waals surface area contributed by atoms with Gasteiger partial charge in [-0.3, -0.25) is 4.79 Å². The van der Waals surface area contributed by atoms with Crippen LogP contribution in [0.2, 0.25) is 0 Å². The number of carbonyl (C=O) groups excluding carboxylic acids is 1. The number of carbonyl (C=O) groups is 1. The summed E-state index contributed by atoms with van der Waals surface area (Å²) in [5.74, 6) is 1.57. The van der Waals surface area contributed by atoms with E-state index >= 15 is 0 Å². The summed E-state index contributed by atoms with van der Waals surface area (Å²) in [7, 11) is 3.26. The predicted molar refractivity (Wildman–Crippen MR) is 79.4 cm³/mol. The second-order valence-electron chi connectivity index (χ2n) is 4.39. The topological polar surface area (TPSA) is 59.6 Å². The third-order valence-corrected chi connectivity index (χ3v) is 2.94. The van der Waals surface area contributed by atoms with Gasteiger partial charge in [-0.05, 0) is 37.6 Å². The van der Waals surface area contributed by atoms with E-state index in [4.69, 9.17) is 9.47 Å². The normalized spacial score (nSPS) is 10.2. The molecule has 0 saturated carbocycles. The van der Waals surface area contributed by atoms with E-state index in [-0.39, 0.29) is 5.91 Å². The molecule has 0 aliphatic heterocycles. The van der Waals surface area contributed by atoms with Crippen molar-refractivity contribution in [3.05, 3.63) is 23.8 Å². The average Bonchev–Trinajstić information content (AvgIpc) is 2.47. The van der Waals surface area contributed by atoms with Crippen LogP contribution in [0.1, 0.15) is 18.9 Å². The molecule has 0 radical (unpaired) electrons. The molecule has 0 unspecified atom stereocenters. The monoisotopic (exact) mass is 280 g/mol.